The van der Waals surface area contributed by atoms with Crippen molar-refractivity contribution in [3.05, 3.63) is 29.2 Å². The summed E-state index contributed by atoms with van der Waals surface area (Å²) >= 11 is 0. The number of aromatic nitrogens is 4. The summed E-state index contributed by atoms with van der Waals surface area (Å²) in [7, 11) is 0. The van der Waals surface area contributed by atoms with Crippen LogP contribution in [0.4, 0.5) is 0 Å². The number of aromatic amines is 1. The molecule has 0 aliphatic carbocycles. The van der Waals surface area contributed by atoms with Crippen molar-refractivity contribution >= 4 is 5.91 Å². The van der Waals surface area contributed by atoms with Crippen molar-refractivity contribution in [2.24, 2.45) is 0 Å². The Bertz CT molecular complexity index is 691. The van der Waals surface area contributed by atoms with E-state index in [0.29, 0.717) is 24.6 Å². The van der Waals surface area contributed by atoms with E-state index in [1.807, 2.05) is 31.9 Å². The molecule has 24 heavy (non-hydrogen) atoms. The van der Waals surface area contributed by atoms with Gasteiger partial charge in [-0.1, -0.05) is 19.0 Å². The number of rotatable bonds is 5. The average Bonchev–Trinajstić information content (AvgIpc) is 3.21. The zero-order chi connectivity index (χ0) is 17.1. The van der Waals surface area contributed by atoms with Crippen molar-refractivity contribution < 1.29 is 9.32 Å². The molecule has 1 fully saturated rings. The molecule has 1 amide bonds. The van der Waals surface area contributed by atoms with Gasteiger partial charge in [0.05, 0.1) is 17.9 Å². The fraction of sp³-hybridized carbons (Fsp3) is 0.647. The van der Waals surface area contributed by atoms with E-state index in [4.69, 9.17) is 4.52 Å². The highest BCUT2D eigenvalue weighted by molar-refractivity contribution is 5.77. The minimum absolute atomic E-state index is 0.0997. The Balaban J connectivity index is 1.64. The second kappa shape index (κ2) is 7.15. The van der Waals surface area contributed by atoms with Crippen LogP contribution in [0.3, 0.4) is 0 Å². The molecule has 0 bridgehead atoms. The Labute approximate surface area is 141 Å². The zero-order valence-electron chi connectivity index (χ0n) is 14.6. The molecule has 1 atom stereocenters. The fourth-order valence-corrected chi connectivity index (χ4v) is 3.19. The molecule has 3 heterocycles. The van der Waals surface area contributed by atoms with Crippen LogP contribution in [0.1, 0.15) is 74.5 Å². The van der Waals surface area contributed by atoms with E-state index in [1.165, 1.54) is 0 Å². The van der Waals surface area contributed by atoms with Crippen LogP contribution in [-0.4, -0.2) is 37.7 Å². The lowest BCUT2D eigenvalue weighted by Crippen LogP contribution is -2.39. The number of piperidine rings is 1. The molecule has 0 saturated carbocycles. The van der Waals surface area contributed by atoms with Gasteiger partial charge in [-0.2, -0.15) is 10.1 Å². The first-order valence-electron chi connectivity index (χ1n) is 8.68. The van der Waals surface area contributed by atoms with Crippen molar-refractivity contribution in [3.8, 4) is 0 Å². The highest BCUT2D eigenvalue weighted by Crippen LogP contribution is 2.31. The number of aryl methyl sites for hydroxylation is 2. The topological polar surface area (TPSA) is 87.9 Å². The number of amides is 1. The molecule has 0 radical (unpaired) electrons. The lowest BCUT2D eigenvalue weighted by atomic mass is 9.97. The lowest BCUT2D eigenvalue weighted by Gasteiger charge is -2.35. The highest BCUT2D eigenvalue weighted by atomic mass is 16.5. The largest absolute Gasteiger partial charge is 0.339 e. The van der Waals surface area contributed by atoms with E-state index in [9.17, 15) is 4.79 Å². The summed E-state index contributed by atoms with van der Waals surface area (Å²) < 4.78 is 5.23. The molecule has 2 aromatic rings. The summed E-state index contributed by atoms with van der Waals surface area (Å²) in [6, 6.07) is 0.0997. The fourth-order valence-electron chi connectivity index (χ4n) is 3.19. The van der Waals surface area contributed by atoms with E-state index in [-0.39, 0.29) is 17.9 Å². The van der Waals surface area contributed by atoms with Gasteiger partial charge in [-0.25, -0.2) is 0 Å². The molecule has 3 rings (SSSR count). The summed E-state index contributed by atoms with van der Waals surface area (Å²) in [5.74, 6) is 1.60. The van der Waals surface area contributed by atoms with Crippen LogP contribution < -0.4 is 0 Å². The van der Waals surface area contributed by atoms with E-state index in [0.717, 1.165) is 37.1 Å². The molecule has 0 spiro atoms. The van der Waals surface area contributed by atoms with Gasteiger partial charge in [-0.15, -0.1) is 0 Å². The summed E-state index contributed by atoms with van der Waals surface area (Å²) in [6.07, 6.45) is 5.86. The first-order valence-corrected chi connectivity index (χ1v) is 8.68. The standard InChI is InChI=1S/C17H25N5O2/c1-11(2)17-19-14(24-21-17)7-8-15(23)22-9-5-4-6-13(22)16-12(3)10-18-20-16/h10-11,13H,4-9H2,1-3H3,(H,18,20)/t13-/m0/s1. The molecule has 1 aliphatic heterocycles. The third kappa shape index (κ3) is 3.49. The Hall–Kier alpha value is -2.18. The molecule has 1 saturated heterocycles. The number of H-pyrrole nitrogens is 1. The van der Waals surface area contributed by atoms with Gasteiger partial charge >= 0.3 is 0 Å². The van der Waals surface area contributed by atoms with E-state index >= 15 is 0 Å². The maximum absolute atomic E-state index is 12.7. The molecule has 0 aromatic carbocycles. The van der Waals surface area contributed by atoms with Crippen LogP contribution in [0.5, 0.6) is 0 Å². The highest BCUT2D eigenvalue weighted by Gasteiger charge is 2.30. The zero-order valence-corrected chi connectivity index (χ0v) is 14.6. The minimum atomic E-state index is 0.0997. The van der Waals surface area contributed by atoms with Crippen molar-refractivity contribution in [1.82, 2.24) is 25.2 Å². The molecule has 0 unspecified atom stereocenters. The van der Waals surface area contributed by atoms with Crippen LogP contribution in [0.15, 0.2) is 10.7 Å². The van der Waals surface area contributed by atoms with Crippen molar-refractivity contribution in [2.45, 2.75) is 64.8 Å². The van der Waals surface area contributed by atoms with E-state index < -0.39 is 0 Å². The predicted molar refractivity (Wildman–Crippen MR) is 88.3 cm³/mol. The molecule has 7 nitrogen and oxygen atoms in total. The summed E-state index contributed by atoms with van der Waals surface area (Å²) in [5, 5.41) is 11.1. The number of nitrogens with one attached hydrogen (secondary N) is 1. The van der Waals surface area contributed by atoms with Crippen LogP contribution >= 0.6 is 0 Å². The number of carbonyl (C=O) groups excluding carboxylic acids is 1. The van der Waals surface area contributed by atoms with Gasteiger partial charge < -0.3 is 9.42 Å². The van der Waals surface area contributed by atoms with Gasteiger partial charge in [0.1, 0.15) is 0 Å². The van der Waals surface area contributed by atoms with Gasteiger partial charge in [-0.05, 0) is 31.7 Å². The maximum atomic E-state index is 12.7. The molecular weight excluding hydrogens is 306 g/mol. The van der Waals surface area contributed by atoms with Crippen LogP contribution in [-0.2, 0) is 11.2 Å². The Kier molecular flexibility index (Phi) is 4.97. The second-order valence-electron chi connectivity index (χ2n) is 6.77. The van der Waals surface area contributed by atoms with Gasteiger partial charge in [0.15, 0.2) is 5.82 Å². The first-order chi connectivity index (χ1) is 11.6. The van der Waals surface area contributed by atoms with Gasteiger partial charge in [-0.3, -0.25) is 9.89 Å². The maximum Gasteiger partial charge on any atom is 0.227 e. The number of hydrogen-bond acceptors (Lipinski definition) is 5. The van der Waals surface area contributed by atoms with Crippen molar-refractivity contribution in [1.29, 1.82) is 0 Å². The van der Waals surface area contributed by atoms with Crippen molar-refractivity contribution in [2.75, 3.05) is 6.54 Å². The molecule has 7 heteroatoms. The quantitative estimate of drug-likeness (QED) is 0.910. The van der Waals surface area contributed by atoms with Crippen LogP contribution in [0.2, 0.25) is 0 Å². The van der Waals surface area contributed by atoms with Gasteiger partial charge in [0.2, 0.25) is 11.8 Å². The SMILES string of the molecule is Cc1cn[nH]c1[C@@H]1CCCCN1C(=O)CCc1nc(C(C)C)no1. The lowest BCUT2D eigenvalue weighted by molar-refractivity contribution is -0.135. The molecule has 2 aromatic heterocycles. The minimum Gasteiger partial charge on any atom is -0.339 e. The normalized spacial score (nSPS) is 18.3. The van der Waals surface area contributed by atoms with Crippen LogP contribution in [0, 0.1) is 6.92 Å². The third-order valence-electron chi connectivity index (χ3n) is 4.58. The number of hydrogen-bond donors (Lipinski definition) is 1. The number of likely N-dealkylation sites (tertiary alicyclic amines) is 1. The van der Waals surface area contributed by atoms with Gasteiger partial charge in [0.25, 0.3) is 0 Å². The molecule has 1 N–H and O–H groups in total. The average molecular weight is 331 g/mol. The van der Waals surface area contributed by atoms with E-state index in [2.05, 4.69) is 20.3 Å². The summed E-state index contributed by atoms with van der Waals surface area (Å²) in [4.78, 5) is 19.1. The van der Waals surface area contributed by atoms with Crippen molar-refractivity contribution in [3.63, 3.8) is 0 Å². The summed E-state index contributed by atoms with van der Waals surface area (Å²) in [6.45, 7) is 6.86. The first kappa shape index (κ1) is 16.7. The third-order valence-corrected chi connectivity index (χ3v) is 4.58. The predicted octanol–water partition coefficient (Wildman–Crippen LogP) is 2.91. The van der Waals surface area contributed by atoms with Gasteiger partial charge in [0, 0.05) is 25.3 Å². The number of carbonyl (C=O) groups is 1. The Morgan fingerprint density at radius 3 is 2.96 bits per heavy atom. The Morgan fingerprint density at radius 2 is 2.29 bits per heavy atom. The van der Waals surface area contributed by atoms with E-state index in [1.54, 1.807) is 0 Å². The smallest absolute Gasteiger partial charge is 0.227 e. The second-order valence-corrected chi connectivity index (χ2v) is 6.77. The summed E-state index contributed by atoms with van der Waals surface area (Å²) in [5.41, 5.74) is 2.17. The number of nitrogens with zero attached hydrogens (tertiary/aromatic N) is 4. The monoisotopic (exact) mass is 331 g/mol. The molecule has 130 valence electrons. The van der Waals surface area contributed by atoms with Crippen LogP contribution in [0.25, 0.3) is 0 Å². The molecular formula is C17H25N5O2. The molecule has 1 aliphatic rings. The Morgan fingerprint density at radius 1 is 1.46 bits per heavy atom.